The van der Waals surface area contributed by atoms with Crippen LogP contribution in [0.2, 0.25) is 5.02 Å². The number of aromatic nitrogens is 2. The summed E-state index contributed by atoms with van der Waals surface area (Å²) < 4.78 is 0. The zero-order chi connectivity index (χ0) is 27.2. The molecule has 0 unspecified atom stereocenters. The minimum absolute atomic E-state index is 0.127. The van der Waals surface area contributed by atoms with Crippen LogP contribution in [0.3, 0.4) is 0 Å². The van der Waals surface area contributed by atoms with Crippen molar-refractivity contribution >= 4 is 29.1 Å². The number of hydrogen-bond donors (Lipinski definition) is 1. The molecule has 5 rings (SSSR count). The summed E-state index contributed by atoms with van der Waals surface area (Å²) in [6.45, 7) is 8.88. The molecule has 1 amide bonds. The zero-order valence-corrected chi connectivity index (χ0v) is 23.3. The molecular formula is C30H37ClN6O2. The van der Waals surface area contributed by atoms with Crippen LogP contribution in [0.1, 0.15) is 36.9 Å². The minimum atomic E-state index is -0.142. The van der Waals surface area contributed by atoms with Crippen LogP contribution in [0.15, 0.2) is 65.5 Å². The van der Waals surface area contributed by atoms with Crippen molar-refractivity contribution in [3.05, 3.63) is 87.3 Å². The molecule has 1 N–H and O–H groups in total. The molecule has 0 radical (unpaired) electrons. The van der Waals surface area contributed by atoms with Gasteiger partial charge in [0.15, 0.2) is 0 Å². The molecule has 0 saturated carbocycles. The van der Waals surface area contributed by atoms with Gasteiger partial charge in [-0.25, -0.2) is 4.98 Å². The van der Waals surface area contributed by atoms with Gasteiger partial charge in [-0.2, -0.15) is 0 Å². The normalized spacial score (nSPS) is 17.6. The average Bonchev–Trinajstić information content (AvgIpc) is 3.21. The lowest BCUT2D eigenvalue weighted by molar-refractivity contribution is -0.132. The molecule has 39 heavy (non-hydrogen) atoms. The van der Waals surface area contributed by atoms with Gasteiger partial charge in [0.25, 0.3) is 5.56 Å². The third-order valence-electron chi connectivity index (χ3n) is 7.75. The molecule has 2 aromatic carbocycles. The number of benzene rings is 2. The number of carbonyl (C=O) groups is 1. The number of nitrogens with zero attached hydrogens (tertiary/aromatic N) is 5. The molecule has 3 aromatic rings. The Morgan fingerprint density at radius 2 is 1.64 bits per heavy atom. The molecule has 1 atom stereocenters. The third kappa shape index (κ3) is 6.62. The molecule has 2 fully saturated rings. The molecule has 2 aliphatic heterocycles. The van der Waals surface area contributed by atoms with Crippen LogP contribution in [0.25, 0.3) is 0 Å². The Kier molecular flexibility index (Phi) is 8.84. The van der Waals surface area contributed by atoms with Crippen LogP contribution in [0.5, 0.6) is 0 Å². The van der Waals surface area contributed by atoms with Gasteiger partial charge in [0.2, 0.25) is 11.9 Å². The third-order valence-corrected chi connectivity index (χ3v) is 8.07. The summed E-state index contributed by atoms with van der Waals surface area (Å²) in [6, 6.07) is 19.6. The van der Waals surface area contributed by atoms with E-state index in [-0.39, 0.29) is 17.4 Å². The lowest BCUT2D eigenvalue weighted by Crippen LogP contribution is -2.46. The first-order chi connectivity index (χ1) is 19.0. The van der Waals surface area contributed by atoms with E-state index in [0.717, 1.165) is 67.5 Å². The van der Waals surface area contributed by atoms with Gasteiger partial charge in [0, 0.05) is 65.0 Å². The number of piperazine rings is 1. The SMILES string of the molecule is CC[C@@H](C(=O)N1CCCN(c2nc(CN3CCN(c4ccccc4Cl)CC3)cc(=O)[nH]2)CC1)c1ccccc1. The number of para-hydroxylation sites is 1. The van der Waals surface area contributed by atoms with E-state index in [1.54, 1.807) is 6.07 Å². The number of amides is 1. The molecule has 0 bridgehead atoms. The number of anilines is 2. The Bertz CT molecular complexity index is 1310. The Labute approximate surface area is 235 Å². The Morgan fingerprint density at radius 1 is 0.923 bits per heavy atom. The molecule has 206 valence electrons. The summed E-state index contributed by atoms with van der Waals surface area (Å²) in [5.74, 6) is 0.644. The molecule has 9 heteroatoms. The smallest absolute Gasteiger partial charge is 0.252 e. The van der Waals surface area contributed by atoms with Crippen molar-refractivity contribution in [2.24, 2.45) is 0 Å². The first kappa shape index (κ1) is 27.2. The standard InChI is InChI=1S/C30H37ClN6O2/c1-2-25(23-9-4-3-5-10-23)29(39)36-13-8-14-37(20-19-36)30-32-24(21-28(38)33-30)22-34-15-17-35(18-16-34)27-12-7-6-11-26(27)31/h3-7,9-12,21,25H,2,8,13-20,22H2,1H3,(H,32,33,38)/t25-/m1/s1. The second-order valence-corrected chi connectivity index (χ2v) is 10.7. The van der Waals surface area contributed by atoms with Gasteiger partial charge in [-0.3, -0.25) is 19.5 Å². The second kappa shape index (κ2) is 12.7. The summed E-state index contributed by atoms with van der Waals surface area (Å²) in [7, 11) is 0. The summed E-state index contributed by atoms with van der Waals surface area (Å²) in [5, 5.41) is 0.773. The molecule has 3 heterocycles. The van der Waals surface area contributed by atoms with E-state index in [1.165, 1.54) is 0 Å². The van der Waals surface area contributed by atoms with Gasteiger partial charge < -0.3 is 14.7 Å². The van der Waals surface area contributed by atoms with Gasteiger partial charge in [-0.1, -0.05) is 61.0 Å². The maximum absolute atomic E-state index is 13.4. The lowest BCUT2D eigenvalue weighted by Gasteiger charge is -2.36. The van der Waals surface area contributed by atoms with Gasteiger partial charge in [-0.15, -0.1) is 0 Å². The second-order valence-electron chi connectivity index (χ2n) is 10.3. The van der Waals surface area contributed by atoms with Crippen molar-refractivity contribution in [2.75, 3.05) is 62.2 Å². The lowest BCUT2D eigenvalue weighted by atomic mass is 9.95. The van der Waals surface area contributed by atoms with E-state index in [0.29, 0.717) is 32.1 Å². The fraction of sp³-hybridized carbons (Fsp3) is 0.433. The monoisotopic (exact) mass is 548 g/mol. The van der Waals surface area contributed by atoms with Gasteiger partial charge in [0.1, 0.15) is 0 Å². The van der Waals surface area contributed by atoms with Crippen molar-refractivity contribution in [3.63, 3.8) is 0 Å². The molecular weight excluding hydrogens is 512 g/mol. The summed E-state index contributed by atoms with van der Waals surface area (Å²) in [4.78, 5) is 42.5. The Balaban J connectivity index is 1.20. The highest BCUT2D eigenvalue weighted by Gasteiger charge is 2.27. The molecule has 2 aliphatic rings. The number of nitrogens with one attached hydrogen (secondary N) is 1. The average molecular weight is 549 g/mol. The largest absolute Gasteiger partial charge is 0.368 e. The van der Waals surface area contributed by atoms with Crippen LogP contribution in [0.4, 0.5) is 11.6 Å². The Hall–Kier alpha value is -3.36. The highest BCUT2D eigenvalue weighted by molar-refractivity contribution is 6.33. The van der Waals surface area contributed by atoms with E-state index in [2.05, 4.69) is 32.7 Å². The molecule has 0 spiro atoms. The summed E-state index contributed by atoms with van der Waals surface area (Å²) in [6.07, 6.45) is 1.60. The number of aromatic amines is 1. The van der Waals surface area contributed by atoms with Crippen LogP contribution >= 0.6 is 11.6 Å². The summed E-state index contributed by atoms with van der Waals surface area (Å²) >= 11 is 6.39. The van der Waals surface area contributed by atoms with Crippen LogP contribution in [0, 0.1) is 0 Å². The fourth-order valence-electron chi connectivity index (χ4n) is 5.62. The van der Waals surface area contributed by atoms with Crippen molar-refractivity contribution < 1.29 is 4.79 Å². The van der Waals surface area contributed by atoms with Crippen molar-refractivity contribution in [1.82, 2.24) is 19.8 Å². The van der Waals surface area contributed by atoms with E-state index in [4.69, 9.17) is 16.6 Å². The van der Waals surface area contributed by atoms with E-state index >= 15 is 0 Å². The zero-order valence-electron chi connectivity index (χ0n) is 22.6. The predicted octanol–water partition coefficient (Wildman–Crippen LogP) is 3.98. The summed E-state index contributed by atoms with van der Waals surface area (Å²) in [5.41, 5.74) is 2.76. The Morgan fingerprint density at radius 3 is 2.38 bits per heavy atom. The van der Waals surface area contributed by atoms with Gasteiger partial charge in [-0.05, 0) is 30.5 Å². The quantitative estimate of drug-likeness (QED) is 0.481. The highest BCUT2D eigenvalue weighted by Crippen LogP contribution is 2.26. The van der Waals surface area contributed by atoms with Gasteiger partial charge in [0.05, 0.1) is 22.3 Å². The highest BCUT2D eigenvalue weighted by atomic mass is 35.5. The van der Waals surface area contributed by atoms with Crippen molar-refractivity contribution in [2.45, 2.75) is 32.2 Å². The number of halogens is 1. The van der Waals surface area contributed by atoms with E-state index < -0.39 is 0 Å². The van der Waals surface area contributed by atoms with E-state index in [9.17, 15) is 9.59 Å². The van der Waals surface area contributed by atoms with E-state index in [1.807, 2.05) is 53.4 Å². The maximum atomic E-state index is 13.4. The van der Waals surface area contributed by atoms with Crippen molar-refractivity contribution in [1.29, 1.82) is 0 Å². The first-order valence-corrected chi connectivity index (χ1v) is 14.3. The first-order valence-electron chi connectivity index (χ1n) is 13.9. The van der Waals surface area contributed by atoms with Crippen molar-refractivity contribution in [3.8, 4) is 0 Å². The number of rotatable bonds is 7. The number of hydrogen-bond acceptors (Lipinski definition) is 6. The van der Waals surface area contributed by atoms with Crippen LogP contribution in [-0.4, -0.2) is 78.0 Å². The van der Waals surface area contributed by atoms with Crippen LogP contribution < -0.4 is 15.4 Å². The fourth-order valence-corrected chi connectivity index (χ4v) is 5.87. The number of carbonyl (C=O) groups excluding carboxylic acids is 1. The molecule has 8 nitrogen and oxygen atoms in total. The molecule has 0 aliphatic carbocycles. The predicted molar refractivity (Wildman–Crippen MR) is 157 cm³/mol. The molecule has 1 aromatic heterocycles. The maximum Gasteiger partial charge on any atom is 0.252 e. The van der Waals surface area contributed by atoms with Crippen LogP contribution in [-0.2, 0) is 11.3 Å². The minimum Gasteiger partial charge on any atom is -0.368 e. The number of H-pyrrole nitrogens is 1. The van der Waals surface area contributed by atoms with Gasteiger partial charge >= 0.3 is 0 Å². The molecule has 2 saturated heterocycles. The topological polar surface area (TPSA) is 75.8 Å².